The van der Waals surface area contributed by atoms with Gasteiger partial charge in [-0.1, -0.05) is 18.2 Å². The third kappa shape index (κ3) is 4.77. The van der Waals surface area contributed by atoms with Gasteiger partial charge in [0.2, 0.25) is 0 Å². The van der Waals surface area contributed by atoms with Gasteiger partial charge in [0.05, 0.1) is 7.11 Å². The van der Waals surface area contributed by atoms with Gasteiger partial charge in [-0.2, -0.15) is 0 Å². The van der Waals surface area contributed by atoms with Crippen molar-refractivity contribution in [2.75, 3.05) is 20.8 Å². The molecule has 3 rings (SSSR count). The molecule has 0 fully saturated rings. The summed E-state index contributed by atoms with van der Waals surface area (Å²) in [6, 6.07) is 11.8. The first-order valence-electron chi connectivity index (χ1n) is 9.89. The number of hydrogen-bond donors (Lipinski definition) is 1. The van der Waals surface area contributed by atoms with Crippen LogP contribution in [0.15, 0.2) is 36.4 Å². The van der Waals surface area contributed by atoms with Crippen LogP contribution in [0.4, 0.5) is 0 Å². The summed E-state index contributed by atoms with van der Waals surface area (Å²) in [7, 11) is 3.29. The average molecular weight is 422 g/mol. The summed E-state index contributed by atoms with van der Waals surface area (Å²) in [6.45, 7) is 4.85. The van der Waals surface area contributed by atoms with Crippen molar-refractivity contribution in [3.63, 3.8) is 0 Å². The number of esters is 1. The number of nitrogens with one attached hydrogen (secondary N) is 1. The molecule has 3 aromatic rings. The van der Waals surface area contributed by atoms with Crippen LogP contribution < -0.4 is 4.74 Å². The third-order valence-electron chi connectivity index (χ3n) is 5.28. The first-order valence-corrected chi connectivity index (χ1v) is 9.89. The Hall–Kier alpha value is -3.61. The van der Waals surface area contributed by atoms with Crippen molar-refractivity contribution < 1.29 is 23.9 Å². The minimum absolute atomic E-state index is 0.130. The van der Waals surface area contributed by atoms with E-state index < -0.39 is 5.97 Å². The summed E-state index contributed by atoms with van der Waals surface area (Å²) in [5, 5.41) is 2.09. The number of aromatic amines is 1. The van der Waals surface area contributed by atoms with Crippen LogP contribution in [0.1, 0.15) is 44.6 Å². The number of ketones is 1. The molecule has 1 amide bonds. The third-order valence-corrected chi connectivity index (χ3v) is 5.28. The molecule has 0 saturated carbocycles. The van der Waals surface area contributed by atoms with E-state index in [1.165, 1.54) is 11.8 Å². The van der Waals surface area contributed by atoms with Gasteiger partial charge in [0, 0.05) is 24.8 Å². The summed E-state index contributed by atoms with van der Waals surface area (Å²) in [4.78, 5) is 41.0. The molecule has 2 aromatic carbocycles. The minimum Gasteiger partial charge on any atom is -0.497 e. The molecule has 0 aliphatic rings. The molecule has 0 bridgehead atoms. The zero-order chi connectivity index (χ0) is 22.7. The topological polar surface area (TPSA) is 88.7 Å². The number of carbonyl (C=O) groups is 3. The highest BCUT2D eigenvalue weighted by molar-refractivity contribution is 6.01. The van der Waals surface area contributed by atoms with Gasteiger partial charge in [-0.05, 0) is 60.9 Å². The lowest BCUT2D eigenvalue weighted by atomic mass is 10.1. The van der Waals surface area contributed by atoms with Gasteiger partial charge >= 0.3 is 5.97 Å². The lowest BCUT2D eigenvalue weighted by molar-refractivity contribution is -0.133. The van der Waals surface area contributed by atoms with Gasteiger partial charge in [-0.15, -0.1) is 0 Å². The monoisotopic (exact) mass is 422 g/mol. The van der Waals surface area contributed by atoms with Crippen molar-refractivity contribution in [3.8, 4) is 5.75 Å². The fourth-order valence-corrected chi connectivity index (χ4v) is 3.65. The van der Waals surface area contributed by atoms with E-state index in [4.69, 9.17) is 9.47 Å². The first-order chi connectivity index (χ1) is 14.7. The SMILES string of the molecule is COc1ccc2cc(CN(C)C(=O)COC(=O)c3[nH]c(C)c(C(C)=O)c3C)ccc2c1. The smallest absolute Gasteiger partial charge is 0.355 e. The van der Waals surface area contributed by atoms with E-state index in [1.807, 2.05) is 36.4 Å². The molecule has 0 aliphatic carbocycles. The lowest BCUT2D eigenvalue weighted by Gasteiger charge is -2.17. The standard InChI is InChI=1S/C24H26N2O5/c1-14-22(16(3)27)15(2)25-23(14)24(29)31-13-21(28)26(4)12-17-6-7-19-11-20(30-5)9-8-18(19)10-17/h6-11,25H,12-13H2,1-5H3. The van der Waals surface area contributed by atoms with E-state index in [0.29, 0.717) is 23.4 Å². The Kier molecular flexibility index (Phi) is 6.44. The van der Waals surface area contributed by atoms with Crippen LogP contribution in [0, 0.1) is 13.8 Å². The Morgan fingerprint density at radius 3 is 2.35 bits per heavy atom. The number of fused-ring (bicyclic) bond motifs is 1. The number of H-pyrrole nitrogens is 1. The highest BCUT2D eigenvalue weighted by Crippen LogP contribution is 2.22. The molecular weight excluding hydrogens is 396 g/mol. The van der Waals surface area contributed by atoms with Crippen molar-refractivity contribution in [3.05, 3.63) is 64.5 Å². The van der Waals surface area contributed by atoms with Crippen LogP contribution in [-0.4, -0.2) is 48.3 Å². The molecule has 31 heavy (non-hydrogen) atoms. The summed E-state index contributed by atoms with van der Waals surface area (Å²) in [5.74, 6) is -0.322. The zero-order valence-corrected chi connectivity index (χ0v) is 18.4. The fraction of sp³-hybridized carbons (Fsp3) is 0.292. The summed E-state index contributed by atoms with van der Waals surface area (Å²) in [6.07, 6.45) is 0. The summed E-state index contributed by atoms with van der Waals surface area (Å²) >= 11 is 0. The van der Waals surface area contributed by atoms with Crippen LogP contribution in [0.3, 0.4) is 0 Å². The summed E-state index contributed by atoms with van der Waals surface area (Å²) < 4.78 is 10.4. The number of aryl methyl sites for hydroxylation is 1. The Balaban J connectivity index is 1.62. The highest BCUT2D eigenvalue weighted by Gasteiger charge is 2.22. The molecule has 0 aliphatic heterocycles. The number of likely N-dealkylation sites (N-methyl/N-ethyl adjacent to an activating group) is 1. The van der Waals surface area contributed by atoms with E-state index in [9.17, 15) is 14.4 Å². The van der Waals surface area contributed by atoms with E-state index in [0.717, 1.165) is 22.1 Å². The molecule has 7 nitrogen and oxygen atoms in total. The van der Waals surface area contributed by atoms with Crippen molar-refractivity contribution >= 4 is 28.4 Å². The number of methoxy groups -OCH3 is 1. The second kappa shape index (κ2) is 9.04. The second-order valence-corrected chi connectivity index (χ2v) is 7.55. The zero-order valence-electron chi connectivity index (χ0n) is 18.4. The van der Waals surface area contributed by atoms with Gasteiger partial charge in [0.15, 0.2) is 12.4 Å². The number of ether oxygens (including phenoxy) is 2. The maximum Gasteiger partial charge on any atom is 0.355 e. The molecule has 0 saturated heterocycles. The van der Waals surface area contributed by atoms with E-state index >= 15 is 0 Å². The molecule has 7 heteroatoms. The van der Waals surface area contributed by atoms with E-state index in [1.54, 1.807) is 28.0 Å². The van der Waals surface area contributed by atoms with Crippen molar-refractivity contribution in [2.24, 2.45) is 0 Å². The van der Waals surface area contributed by atoms with E-state index in [-0.39, 0.29) is 24.0 Å². The minimum atomic E-state index is -0.658. The molecule has 162 valence electrons. The molecule has 0 radical (unpaired) electrons. The number of carbonyl (C=O) groups excluding carboxylic acids is 3. The number of nitrogens with zero attached hydrogens (tertiary/aromatic N) is 1. The lowest BCUT2D eigenvalue weighted by Crippen LogP contribution is -2.31. The van der Waals surface area contributed by atoms with Crippen molar-refractivity contribution in [1.29, 1.82) is 0 Å². The van der Waals surface area contributed by atoms with Crippen LogP contribution in [0.2, 0.25) is 0 Å². The molecule has 0 spiro atoms. The number of benzene rings is 2. The Morgan fingerprint density at radius 2 is 1.71 bits per heavy atom. The van der Waals surface area contributed by atoms with Crippen LogP contribution in [0.25, 0.3) is 10.8 Å². The Bertz CT molecular complexity index is 1160. The van der Waals surface area contributed by atoms with Gasteiger partial charge in [-0.3, -0.25) is 9.59 Å². The highest BCUT2D eigenvalue weighted by atomic mass is 16.5. The van der Waals surface area contributed by atoms with Gasteiger partial charge in [-0.25, -0.2) is 4.79 Å². The van der Waals surface area contributed by atoms with E-state index in [2.05, 4.69) is 4.98 Å². The summed E-state index contributed by atoms with van der Waals surface area (Å²) in [5.41, 5.74) is 2.77. The fourth-order valence-electron chi connectivity index (χ4n) is 3.65. The molecule has 0 atom stereocenters. The van der Waals surface area contributed by atoms with Crippen LogP contribution in [0.5, 0.6) is 5.75 Å². The average Bonchev–Trinajstić information content (AvgIpc) is 3.05. The largest absolute Gasteiger partial charge is 0.497 e. The van der Waals surface area contributed by atoms with Gasteiger partial charge < -0.3 is 19.4 Å². The maximum absolute atomic E-state index is 12.5. The Labute approximate surface area is 181 Å². The number of amides is 1. The molecular formula is C24H26N2O5. The normalized spacial score (nSPS) is 10.7. The number of rotatable bonds is 7. The predicted molar refractivity (Wildman–Crippen MR) is 118 cm³/mol. The van der Waals surface area contributed by atoms with Crippen molar-refractivity contribution in [1.82, 2.24) is 9.88 Å². The van der Waals surface area contributed by atoms with Crippen LogP contribution in [-0.2, 0) is 16.1 Å². The quantitative estimate of drug-likeness (QED) is 0.462. The molecule has 1 N–H and O–H groups in total. The second-order valence-electron chi connectivity index (χ2n) is 7.55. The number of hydrogen-bond acceptors (Lipinski definition) is 5. The first kappa shape index (κ1) is 22.1. The van der Waals surface area contributed by atoms with Gasteiger partial charge in [0.1, 0.15) is 11.4 Å². The maximum atomic E-state index is 12.5. The number of aromatic nitrogens is 1. The van der Waals surface area contributed by atoms with Gasteiger partial charge in [0.25, 0.3) is 5.91 Å². The molecule has 0 unspecified atom stereocenters. The molecule has 1 aromatic heterocycles. The number of Topliss-reactive ketones (excluding diaryl/α,β-unsaturated/α-hetero) is 1. The van der Waals surface area contributed by atoms with Crippen LogP contribution >= 0.6 is 0 Å². The Morgan fingerprint density at radius 1 is 1.03 bits per heavy atom. The van der Waals surface area contributed by atoms with Crippen molar-refractivity contribution in [2.45, 2.75) is 27.3 Å². The predicted octanol–water partition coefficient (Wildman–Crippen LogP) is 3.81. The molecule has 1 heterocycles.